The van der Waals surface area contributed by atoms with Gasteiger partial charge in [0.2, 0.25) is 10.0 Å². The summed E-state index contributed by atoms with van der Waals surface area (Å²) in [7, 11) is -3.78. The number of nitrogens with zero attached hydrogens (tertiary/aromatic N) is 1. The van der Waals surface area contributed by atoms with Crippen LogP contribution in [0.5, 0.6) is 0 Å². The lowest BCUT2D eigenvalue weighted by Gasteiger charge is -2.32. The summed E-state index contributed by atoms with van der Waals surface area (Å²) in [4.78, 5) is 17.0. The van der Waals surface area contributed by atoms with Crippen LogP contribution in [0.3, 0.4) is 0 Å². The number of rotatable bonds is 8. The molecule has 3 aromatic rings. The highest BCUT2D eigenvalue weighted by Crippen LogP contribution is 2.47. The Morgan fingerprint density at radius 1 is 1.00 bits per heavy atom. The number of anilines is 2. The number of sulfonamides is 1. The van der Waals surface area contributed by atoms with Crippen LogP contribution in [0.4, 0.5) is 15.8 Å². The lowest BCUT2D eigenvalue weighted by molar-refractivity contribution is 0.0949. The van der Waals surface area contributed by atoms with Crippen molar-refractivity contribution in [3.05, 3.63) is 78.1 Å². The molecule has 0 radical (unpaired) electrons. The van der Waals surface area contributed by atoms with Crippen molar-refractivity contribution < 1.29 is 17.6 Å². The van der Waals surface area contributed by atoms with Crippen molar-refractivity contribution >= 4 is 39.1 Å². The third-order valence-electron chi connectivity index (χ3n) is 5.20. The maximum atomic E-state index is 14.2. The standard InChI is InChI=1S/C24H24FN3O3S2/c1-2-27-33(30,31)17-12-13-19(25)18(16-17)24(29)26-14-7-15-28-20-8-3-5-10-22(20)32-23-11-6-4-9-21(23)28/h3-6,8-13,16,27H,2,7,14-15H2,1H3,(H,26,29). The first-order valence-electron chi connectivity index (χ1n) is 10.6. The van der Waals surface area contributed by atoms with Crippen LogP contribution in [0.1, 0.15) is 23.7 Å². The van der Waals surface area contributed by atoms with Gasteiger partial charge >= 0.3 is 0 Å². The molecule has 1 aliphatic rings. The maximum Gasteiger partial charge on any atom is 0.254 e. The van der Waals surface area contributed by atoms with Crippen molar-refractivity contribution in [2.75, 3.05) is 24.5 Å². The van der Waals surface area contributed by atoms with Gasteiger partial charge in [-0.3, -0.25) is 4.79 Å². The Bertz CT molecular complexity index is 1240. The van der Waals surface area contributed by atoms with Crippen LogP contribution >= 0.6 is 11.8 Å². The SMILES string of the molecule is CCNS(=O)(=O)c1ccc(F)c(C(=O)NCCCN2c3ccccc3Sc3ccccc32)c1. The summed E-state index contributed by atoms with van der Waals surface area (Å²) in [6.07, 6.45) is 0.621. The van der Waals surface area contributed by atoms with Gasteiger partial charge in [-0.15, -0.1) is 0 Å². The molecule has 6 nitrogen and oxygen atoms in total. The molecule has 2 N–H and O–H groups in total. The molecule has 0 bridgehead atoms. The van der Waals surface area contributed by atoms with E-state index in [1.165, 1.54) is 9.79 Å². The lowest BCUT2D eigenvalue weighted by Crippen LogP contribution is -2.30. The van der Waals surface area contributed by atoms with Crippen LogP contribution in [0, 0.1) is 5.82 Å². The van der Waals surface area contributed by atoms with Crippen LogP contribution < -0.4 is 14.9 Å². The highest BCUT2D eigenvalue weighted by atomic mass is 32.2. The Morgan fingerprint density at radius 2 is 1.64 bits per heavy atom. The van der Waals surface area contributed by atoms with Crippen molar-refractivity contribution in [3.63, 3.8) is 0 Å². The van der Waals surface area contributed by atoms with Gasteiger partial charge in [-0.2, -0.15) is 0 Å². The third-order valence-corrected chi connectivity index (χ3v) is 7.88. The van der Waals surface area contributed by atoms with Crippen LogP contribution in [-0.2, 0) is 10.0 Å². The molecule has 172 valence electrons. The molecule has 4 rings (SSSR count). The lowest BCUT2D eigenvalue weighted by atomic mass is 10.2. The molecule has 1 heterocycles. The van der Waals surface area contributed by atoms with Gasteiger partial charge in [0.25, 0.3) is 5.91 Å². The van der Waals surface area contributed by atoms with E-state index in [0.29, 0.717) is 19.5 Å². The van der Waals surface area contributed by atoms with E-state index in [1.807, 2.05) is 24.3 Å². The minimum absolute atomic E-state index is 0.144. The number of hydrogen-bond acceptors (Lipinski definition) is 5. The summed E-state index contributed by atoms with van der Waals surface area (Å²) in [6, 6.07) is 19.5. The van der Waals surface area contributed by atoms with E-state index >= 15 is 0 Å². The molecule has 0 atom stereocenters. The van der Waals surface area contributed by atoms with Gasteiger partial charge < -0.3 is 10.2 Å². The normalized spacial score (nSPS) is 12.7. The molecule has 1 amide bonds. The molecule has 0 saturated heterocycles. The highest BCUT2D eigenvalue weighted by molar-refractivity contribution is 7.99. The number of carbonyl (C=O) groups excluding carboxylic acids is 1. The predicted octanol–water partition coefficient (Wildman–Crippen LogP) is 4.55. The van der Waals surface area contributed by atoms with E-state index in [0.717, 1.165) is 29.6 Å². The minimum Gasteiger partial charge on any atom is -0.352 e. The molecular formula is C24H24FN3O3S2. The first-order valence-corrected chi connectivity index (χ1v) is 12.9. The van der Waals surface area contributed by atoms with Crippen molar-refractivity contribution in [1.82, 2.24) is 10.0 Å². The summed E-state index contributed by atoms with van der Waals surface area (Å²) < 4.78 is 40.9. The van der Waals surface area contributed by atoms with Gasteiger partial charge in [0.05, 0.1) is 21.8 Å². The fraction of sp³-hybridized carbons (Fsp3) is 0.208. The average Bonchev–Trinajstić information content (AvgIpc) is 2.81. The van der Waals surface area contributed by atoms with Gasteiger partial charge in [0.15, 0.2) is 0 Å². The number of halogens is 1. The monoisotopic (exact) mass is 485 g/mol. The number of nitrogens with one attached hydrogen (secondary N) is 2. The van der Waals surface area contributed by atoms with Crippen LogP contribution in [0.25, 0.3) is 0 Å². The summed E-state index contributed by atoms with van der Waals surface area (Å²) in [5, 5.41) is 2.71. The van der Waals surface area contributed by atoms with Gasteiger partial charge in [-0.05, 0) is 48.9 Å². The van der Waals surface area contributed by atoms with Crippen molar-refractivity contribution in [2.24, 2.45) is 0 Å². The topological polar surface area (TPSA) is 78.5 Å². The van der Waals surface area contributed by atoms with Crippen LogP contribution in [0.2, 0.25) is 0 Å². The fourth-order valence-electron chi connectivity index (χ4n) is 3.68. The molecule has 33 heavy (non-hydrogen) atoms. The smallest absolute Gasteiger partial charge is 0.254 e. The van der Waals surface area contributed by atoms with E-state index in [9.17, 15) is 17.6 Å². The minimum atomic E-state index is -3.78. The zero-order chi connectivity index (χ0) is 23.4. The molecule has 0 unspecified atom stereocenters. The Labute approximate surface area is 197 Å². The van der Waals surface area contributed by atoms with Crippen molar-refractivity contribution in [2.45, 2.75) is 28.0 Å². The highest BCUT2D eigenvalue weighted by Gasteiger charge is 2.23. The van der Waals surface area contributed by atoms with Gasteiger partial charge in [0.1, 0.15) is 5.82 Å². The Kier molecular flexibility index (Phi) is 7.02. The number of benzene rings is 3. The molecule has 3 aromatic carbocycles. The first kappa shape index (κ1) is 23.3. The molecule has 0 fully saturated rings. The molecule has 9 heteroatoms. The first-order chi connectivity index (χ1) is 15.9. The largest absolute Gasteiger partial charge is 0.352 e. The summed E-state index contributed by atoms with van der Waals surface area (Å²) >= 11 is 1.73. The predicted molar refractivity (Wildman–Crippen MR) is 128 cm³/mol. The second-order valence-electron chi connectivity index (χ2n) is 7.44. The van der Waals surface area contributed by atoms with Crippen LogP contribution in [-0.4, -0.2) is 34.0 Å². The van der Waals surface area contributed by atoms with E-state index in [4.69, 9.17) is 0 Å². The summed E-state index contributed by atoms with van der Waals surface area (Å²) in [5.41, 5.74) is 1.93. The molecule has 0 saturated carbocycles. The maximum absolute atomic E-state index is 14.2. The molecular weight excluding hydrogens is 461 g/mol. The number of amides is 1. The quantitative estimate of drug-likeness (QED) is 0.458. The fourth-order valence-corrected chi connectivity index (χ4v) is 5.84. The van der Waals surface area contributed by atoms with Crippen molar-refractivity contribution in [1.29, 1.82) is 0 Å². The van der Waals surface area contributed by atoms with E-state index in [2.05, 4.69) is 39.2 Å². The van der Waals surface area contributed by atoms with Gasteiger partial charge in [0, 0.05) is 29.4 Å². The number of para-hydroxylation sites is 2. The Morgan fingerprint density at radius 3 is 2.27 bits per heavy atom. The average molecular weight is 486 g/mol. The van der Waals surface area contributed by atoms with E-state index in [-0.39, 0.29) is 17.0 Å². The second-order valence-corrected chi connectivity index (χ2v) is 10.3. The molecule has 0 aliphatic carbocycles. The van der Waals surface area contributed by atoms with Gasteiger partial charge in [-0.25, -0.2) is 17.5 Å². The van der Waals surface area contributed by atoms with Gasteiger partial charge in [-0.1, -0.05) is 43.0 Å². The third kappa shape index (κ3) is 5.05. The summed E-state index contributed by atoms with van der Waals surface area (Å²) in [5.74, 6) is -1.41. The second kappa shape index (κ2) is 9.94. The molecule has 1 aliphatic heterocycles. The van der Waals surface area contributed by atoms with E-state index in [1.54, 1.807) is 18.7 Å². The molecule has 0 spiro atoms. The Balaban J connectivity index is 1.43. The Hall–Kier alpha value is -2.88. The van der Waals surface area contributed by atoms with E-state index < -0.39 is 21.7 Å². The molecule has 0 aromatic heterocycles. The zero-order valence-electron chi connectivity index (χ0n) is 18.0. The number of carbonyl (C=O) groups is 1. The number of hydrogen-bond donors (Lipinski definition) is 2. The number of fused-ring (bicyclic) bond motifs is 2. The summed E-state index contributed by atoms with van der Waals surface area (Å²) in [6.45, 7) is 2.82. The van der Waals surface area contributed by atoms with Crippen LogP contribution in [0.15, 0.2) is 81.4 Å². The van der Waals surface area contributed by atoms with Crippen molar-refractivity contribution in [3.8, 4) is 0 Å². The zero-order valence-corrected chi connectivity index (χ0v) is 19.7.